The van der Waals surface area contributed by atoms with Gasteiger partial charge in [0.25, 0.3) is 0 Å². The van der Waals surface area contributed by atoms with Crippen molar-refractivity contribution in [3.05, 3.63) is 16.1 Å². The van der Waals surface area contributed by atoms with Crippen LogP contribution in [0.15, 0.2) is 6.20 Å². The lowest BCUT2D eigenvalue weighted by Gasteiger charge is -2.10. The molecule has 7 heteroatoms. The third-order valence-corrected chi connectivity index (χ3v) is 3.09. The molecule has 100 valence electrons. The predicted octanol–water partition coefficient (Wildman–Crippen LogP) is 2.21. The summed E-state index contributed by atoms with van der Waals surface area (Å²) >= 11 is 1.61. The van der Waals surface area contributed by atoms with E-state index in [1.165, 1.54) is 0 Å². The minimum absolute atomic E-state index is 0. The number of aromatic nitrogens is 1. The highest BCUT2D eigenvalue weighted by Crippen LogP contribution is 2.18. The molecule has 0 aromatic carbocycles. The van der Waals surface area contributed by atoms with E-state index >= 15 is 0 Å². The van der Waals surface area contributed by atoms with Crippen molar-refractivity contribution in [1.82, 2.24) is 10.3 Å². The van der Waals surface area contributed by atoms with Gasteiger partial charge in [0, 0.05) is 17.5 Å². The highest BCUT2D eigenvalue weighted by molar-refractivity contribution is 7.11. The second-order valence-electron chi connectivity index (χ2n) is 3.49. The molecule has 1 aromatic rings. The number of nitrogens with zero attached hydrogens (tertiary/aromatic N) is 1. The van der Waals surface area contributed by atoms with Gasteiger partial charge in [-0.05, 0) is 26.8 Å². The molecular weight excluding hydrogens is 281 g/mol. The average molecular weight is 300 g/mol. The van der Waals surface area contributed by atoms with E-state index < -0.39 is 0 Å². The lowest BCUT2D eigenvalue weighted by Crippen LogP contribution is -2.26. The Labute approximate surface area is 118 Å². The number of nitrogens with two attached hydrogens (primary N) is 1. The van der Waals surface area contributed by atoms with E-state index in [1.54, 1.807) is 11.3 Å². The largest absolute Gasteiger partial charge is 0.347 e. The Bertz CT molecular complexity index is 333. The van der Waals surface area contributed by atoms with Gasteiger partial charge < -0.3 is 11.1 Å². The second-order valence-corrected chi connectivity index (χ2v) is 4.76. The van der Waals surface area contributed by atoms with Gasteiger partial charge in [-0.1, -0.05) is 0 Å². The summed E-state index contributed by atoms with van der Waals surface area (Å²) < 4.78 is 0. The molecule has 1 atom stereocenters. The first kappa shape index (κ1) is 19.0. The van der Waals surface area contributed by atoms with Crippen LogP contribution in [0.5, 0.6) is 0 Å². The Morgan fingerprint density at radius 1 is 1.59 bits per heavy atom. The topological polar surface area (TPSA) is 68.0 Å². The summed E-state index contributed by atoms with van der Waals surface area (Å²) in [5.74, 6) is 0.0424. The molecular formula is C10H19Cl2N3OS. The number of hydrogen-bond acceptors (Lipinski definition) is 4. The molecule has 17 heavy (non-hydrogen) atoms. The van der Waals surface area contributed by atoms with Gasteiger partial charge in [0.2, 0.25) is 5.91 Å². The van der Waals surface area contributed by atoms with Crippen molar-refractivity contribution in [2.75, 3.05) is 6.54 Å². The van der Waals surface area contributed by atoms with Crippen LogP contribution < -0.4 is 11.1 Å². The molecule has 1 rings (SSSR count). The monoisotopic (exact) mass is 299 g/mol. The molecule has 0 spiro atoms. The maximum atomic E-state index is 11.4. The van der Waals surface area contributed by atoms with Gasteiger partial charge >= 0.3 is 0 Å². The Kier molecular flexibility index (Phi) is 10.8. The van der Waals surface area contributed by atoms with E-state index in [-0.39, 0.29) is 36.8 Å². The SMILES string of the molecule is Cc1cnc(C(C)NC(=O)CCCN)s1.Cl.Cl. The Morgan fingerprint density at radius 3 is 2.71 bits per heavy atom. The number of halogens is 2. The van der Waals surface area contributed by atoms with E-state index in [0.717, 1.165) is 16.3 Å². The van der Waals surface area contributed by atoms with Crippen molar-refractivity contribution in [3.63, 3.8) is 0 Å². The molecule has 4 nitrogen and oxygen atoms in total. The quantitative estimate of drug-likeness (QED) is 0.876. The normalized spacial score (nSPS) is 11.0. The maximum absolute atomic E-state index is 11.4. The number of carbonyl (C=O) groups is 1. The first-order valence-corrected chi connectivity index (χ1v) is 5.87. The average Bonchev–Trinajstić information content (AvgIpc) is 2.61. The van der Waals surface area contributed by atoms with E-state index in [2.05, 4.69) is 10.3 Å². The van der Waals surface area contributed by atoms with Crippen LogP contribution in [0.25, 0.3) is 0 Å². The fourth-order valence-corrected chi connectivity index (χ4v) is 1.99. The number of hydrogen-bond donors (Lipinski definition) is 2. The molecule has 3 N–H and O–H groups in total. The molecule has 0 aliphatic carbocycles. The fraction of sp³-hybridized carbons (Fsp3) is 0.600. The summed E-state index contributed by atoms with van der Waals surface area (Å²) in [4.78, 5) is 16.8. The molecule has 0 aliphatic heterocycles. The van der Waals surface area contributed by atoms with E-state index in [4.69, 9.17) is 5.73 Å². The highest BCUT2D eigenvalue weighted by atomic mass is 35.5. The van der Waals surface area contributed by atoms with Crippen molar-refractivity contribution in [3.8, 4) is 0 Å². The minimum Gasteiger partial charge on any atom is -0.347 e. The lowest BCUT2D eigenvalue weighted by molar-refractivity contribution is -0.121. The van der Waals surface area contributed by atoms with Gasteiger partial charge in [0.1, 0.15) is 5.01 Å². The minimum atomic E-state index is -0.00558. The zero-order valence-electron chi connectivity index (χ0n) is 9.93. The van der Waals surface area contributed by atoms with Gasteiger partial charge in [0.15, 0.2) is 0 Å². The Morgan fingerprint density at radius 2 is 2.24 bits per heavy atom. The van der Waals surface area contributed by atoms with Crippen molar-refractivity contribution in [1.29, 1.82) is 0 Å². The molecule has 0 fully saturated rings. The van der Waals surface area contributed by atoms with Gasteiger partial charge in [-0.25, -0.2) is 4.98 Å². The molecule has 0 saturated heterocycles. The summed E-state index contributed by atoms with van der Waals surface area (Å²) in [7, 11) is 0. The maximum Gasteiger partial charge on any atom is 0.220 e. The second kappa shape index (κ2) is 9.65. The number of rotatable bonds is 5. The van der Waals surface area contributed by atoms with E-state index in [9.17, 15) is 4.79 Å². The summed E-state index contributed by atoms with van der Waals surface area (Å²) in [5, 5.41) is 3.85. The van der Waals surface area contributed by atoms with Crippen molar-refractivity contribution >= 4 is 42.1 Å². The predicted molar refractivity (Wildman–Crippen MR) is 76.2 cm³/mol. The molecule has 0 bridgehead atoms. The third kappa shape index (κ3) is 6.83. The van der Waals surface area contributed by atoms with Crippen molar-refractivity contribution in [2.45, 2.75) is 32.7 Å². The summed E-state index contributed by atoms with van der Waals surface area (Å²) in [6.45, 7) is 4.50. The van der Waals surface area contributed by atoms with Crippen LogP contribution in [0.1, 0.15) is 35.7 Å². The number of amides is 1. The molecule has 1 aromatic heterocycles. The fourth-order valence-electron chi connectivity index (χ4n) is 1.21. The van der Waals surface area contributed by atoms with Crippen LogP contribution in [0.3, 0.4) is 0 Å². The first-order chi connectivity index (χ1) is 7.13. The molecule has 0 radical (unpaired) electrons. The molecule has 1 amide bonds. The van der Waals surface area contributed by atoms with Crippen LogP contribution in [-0.2, 0) is 4.79 Å². The van der Waals surface area contributed by atoms with Gasteiger partial charge in [-0.3, -0.25) is 4.79 Å². The third-order valence-electron chi connectivity index (χ3n) is 2.00. The number of thiazole rings is 1. The van der Waals surface area contributed by atoms with Gasteiger partial charge in [0.05, 0.1) is 6.04 Å². The van der Waals surface area contributed by atoms with Crippen molar-refractivity contribution < 1.29 is 4.79 Å². The zero-order valence-corrected chi connectivity index (χ0v) is 12.4. The van der Waals surface area contributed by atoms with Crippen LogP contribution in [0, 0.1) is 6.92 Å². The van der Waals surface area contributed by atoms with Crippen LogP contribution in [0.2, 0.25) is 0 Å². The molecule has 0 saturated carbocycles. The molecule has 0 aliphatic rings. The Hall–Kier alpha value is -0.360. The summed E-state index contributed by atoms with van der Waals surface area (Å²) in [6.07, 6.45) is 3.04. The standard InChI is InChI=1S/C10H17N3OS.2ClH/c1-7-6-12-10(15-7)8(2)13-9(14)4-3-5-11;;/h6,8H,3-5,11H2,1-2H3,(H,13,14);2*1H. The smallest absolute Gasteiger partial charge is 0.220 e. The van der Waals surface area contributed by atoms with E-state index in [1.807, 2.05) is 20.0 Å². The molecule has 1 heterocycles. The number of carbonyl (C=O) groups excluding carboxylic acids is 1. The summed E-state index contributed by atoms with van der Waals surface area (Å²) in [5.41, 5.74) is 5.33. The van der Waals surface area contributed by atoms with Crippen molar-refractivity contribution in [2.24, 2.45) is 5.73 Å². The number of aryl methyl sites for hydroxylation is 1. The first-order valence-electron chi connectivity index (χ1n) is 5.05. The molecule has 1 unspecified atom stereocenters. The van der Waals surface area contributed by atoms with Crippen LogP contribution in [-0.4, -0.2) is 17.4 Å². The van der Waals surface area contributed by atoms with E-state index in [0.29, 0.717) is 13.0 Å². The van der Waals surface area contributed by atoms with Crippen LogP contribution in [0.4, 0.5) is 0 Å². The Balaban J connectivity index is 0. The summed E-state index contributed by atoms with van der Waals surface area (Å²) in [6, 6.07) is -0.00558. The van der Waals surface area contributed by atoms with Crippen LogP contribution >= 0.6 is 36.2 Å². The lowest BCUT2D eigenvalue weighted by atomic mass is 10.2. The van der Waals surface area contributed by atoms with Gasteiger partial charge in [-0.15, -0.1) is 36.2 Å². The zero-order chi connectivity index (χ0) is 11.3. The van der Waals surface area contributed by atoms with Gasteiger partial charge in [-0.2, -0.15) is 0 Å². The highest BCUT2D eigenvalue weighted by Gasteiger charge is 2.11. The number of nitrogens with one attached hydrogen (secondary N) is 1.